The van der Waals surface area contributed by atoms with Gasteiger partial charge in [0.1, 0.15) is 5.75 Å². The maximum atomic E-state index is 12.7. The Bertz CT molecular complexity index is 658. The Morgan fingerprint density at radius 1 is 1.14 bits per heavy atom. The summed E-state index contributed by atoms with van der Waals surface area (Å²) in [6.07, 6.45) is -2.85. The third-order valence-corrected chi connectivity index (χ3v) is 3.19. The molecule has 0 spiro atoms. The summed E-state index contributed by atoms with van der Waals surface area (Å²) in [4.78, 5) is 0. The molecule has 0 aliphatic carbocycles. The van der Waals surface area contributed by atoms with Crippen LogP contribution in [0.4, 0.5) is 13.2 Å². The van der Waals surface area contributed by atoms with Gasteiger partial charge in [-0.3, -0.25) is 0 Å². The van der Waals surface area contributed by atoms with Crippen LogP contribution in [0, 0.1) is 0 Å². The standard InChI is InChI=1S/C17H15F3O2/c1-22-16-7-5-13(6-8-16)14(11-21)9-12-3-2-4-15(10-12)17(18,19)20/h2-10,21H,11H2,1H3/b14-9+. The molecule has 0 aliphatic heterocycles. The molecular formula is C17H15F3O2. The van der Waals surface area contributed by atoms with Crippen LogP contribution in [0.3, 0.4) is 0 Å². The van der Waals surface area contributed by atoms with E-state index in [-0.39, 0.29) is 6.61 Å². The first-order chi connectivity index (χ1) is 10.4. The van der Waals surface area contributed by atoms with Crippen molar-refractivity contribution in [3.63, 3.8) is 0 Å². The highest BCUT2D eigenvalue weighted by molar-refractivity contribution is 5.82. The molecule has 2 rings (SSSR count). The Labute approximate surface area is 126 Å². The van der Waals surface area contributed by atoms with Crippen molar-refractivity contribution in [2.45, 2.75) is 6.18 Å². The highest BCUT2D eigenvalue weighted by Crippen LogP contribution is 2.30. The van der Waals surface area contributed by atoms with E-state index in [1.165, 1.54) is 12.1 Å². The fourth-order valence-corrected chi connectivity index (χ4v) is 2.03. The molecular weight excluding hydrogens is 293 g/mol. The zero-order valence-corrected chi connectivity index (χ0v) is 11.9. The average molecular weight is 308 g/mol. The molecule has 0 saturated carbocycles. The highest BCUT2D eigenvalue weighted by atomic mass is 19.4. The second kappa shape index (κ2) is 6.66. The van der Waals surface area contributed by atoms with Crippen molar-refractivity contribution in [3.05, 3.63) is 65.2 Å². The molecule has 0 radical (unpaired) electrons. The SMILES string of the molecule is COc1ccc(/C(=C/c2cccc(C(F)(F)F)c2)CO)cc1. The van der Waals surface area contributed by atoms with E-state index in [1.807, 2.05) is 0 Å². The normalized spacial score (nSPS) is 12.3. The molecule has 2 nitrogen and oxygen atoms in total. The molecule has 0 aromatic heterocycles. The minimum absolute atomic E-state index is 0.275. The molecule has 2 aromatic rings. The summed E-state index contributed by atoms with van der Waals surface area (Å²) in [5.74, 6) is 0.667. The molecule has 0 heterocycles. The third kappa shape index (κ3) is 3.89. The zero-order valence-electron chi connectivity index (χ0n) is 11.9. The average Bonchev–Trinajstić information content (AvgIpc) is 2.52. The number of halogens is 3. The van der Waals surface area contributed by atoms with E-state index >= 15 is 0 Å². The topological polar surface area (TPSA) is 29.5 Å². The van der Waals surface area contributed by atoms with Crippen molar-refractivity contribution >= 4 is 11.6 Å². The summed E-state index contributed by atoms with van der Waals surface area (Å²) >= 11 is 0. The Kier molecular flexibility index (Phi) is 4.88. The predicted octanol–water partition coefficient (Wildman–Crippen LogP) is 4.25. The monoisotopic (exact) mass is 308 g/mol. The van der Waals surface area contributed by atoms with E-state index in [1.54, 1.807) is 37.4 Å². The summed E-state index contributed by atoms with van der Waals surface area (Å²) in [7, 11) is 1.54. The van der Waals surface area contributed by atoms with Crippen molar-refractivity contribution in [1.82, 2.24) is 0 Å². The van der Waals surface area contributed by atoms with Crippen LogP contribution >= 0.6 is 0 Å². The number of alkyl halides is 3. The molecule has 22 heavy (non-hydrogen) atoms. The van der Waals surface area contributed by atoms with Crippen LogP contribution in [-0.4, -0.2) is 18.8 Å². The van der Waals surface area contributed by atoms with Crippen LogP contribution in [0.5, 0.6) is 5.75 Å². The minimum atomic E-state index is -4.39. The number of hydrogen-bond acceptors (Lipinski definition) is 2. The van der Waals surface area contributed by atoms with E-state index in [4.69, 9.17) is 4.74 Å². The molecule has 2 aromatic carbocycles. The Balaban J connectivity index is 2.35. The number of benzene rings is 2. The second-order valence-electron chi connectivity index (χ2n) is 4.68. The third-order valence-electron chi connectivity index (χ3n) is 3.19. The van der Waals surface area contributed by atoms with Gasteiger partial charge in [-0.1, -0.05) is 24.3 Å². The Hall–Kier alpha value is -2.27. The summed E-state index contributed by atoms with van der Waals surface area (Å²) in [5, 5.41) is 9.47. The number of aliphatic hydroxyl groups is 1. The van der Waals surface area contributed by atoms with Gasteiger partial charge >= 0.3 is 6.18 Å². The Morgan fingerprint density at radius 2 is 1.82 bits per heavy atom. The van der Waals surface area contributed by atoms with E-state index in [0.29, 0.717) is 16.9 Å². The minimum Gasteiger partial charge on any atom is -0.497 e. The molecule has 0 amide bonds. The fraction of sp³-hybridized carbons (Fsp3) is 0.176. The number of hydrogen-bond donors (Lipinski definition) is 1. The van der Waals surface area contributed by atoms with Gasteiger partial charge in [-0.15, -0.1) is 0 Å². The smallest absolute Gasteiger partial charge is 0.416 e. The van der Waals surface area contributed by atoms with Gasteiger partial charge in [0.25, 0.3) is 0 Å². The molecule has 0 atom stereocenters. The summed E-state index contributed by atoms with van der Waals surface area (Å²) in [5.41, 5.74) is 0.922. The van der Waals surface area contributed by atoms with Crippen molar-refractivity contribution in [1.29, 1.82) is 0 Å². The number of ether oxygens (including phenoxy) is 1. The molecule has 0 unspecified atom stereocenters. The van der Waals surface area contributed by atoms with Gasteiger partial charge in [-0.25, -0.2) is 0 Å². The molecule has 0 bridgehead atoms. The van der Waals surface area contributed by atoms with Crippen LogP contribution in [0.15, 0.2) is 48.5 Å². The fourth-order valence-electron chi connectivity index (χ4n) is 2.03. The van der Waals surface area contributed by atoms with Crippen LogP contribution in [-0.2, 0) is 6.18 Å². The number of rotatable bonds is 4. The van der Waals surface area contributed by atoms with E-state index in [9.17, 15) is 18.3 Å². The van der Waals surface area contributed by atoms with Gasteiger partial charge in [0.2, 0.25) is 0 Å². The van der Waals surface area contributed by atoms with Gasteiger partial charge in [-0.2, -0.15) is 13.2 Å². The first kappa shape index (κ1) is 16.1. The molecule has 1 N–H and O–H groups in total. The van der Waals surface area contributed by atoms with Crippen LogP contribution in [0.25, 0.3) is 11.6 Å². The largest absolute Gasteiger partial charge is 0.497 e. The van der Waals surface area contributed by atoms with Gasteiger partial charge in [0, 0.05) is 0 Å². The number of aliphatic hydroxyl groups excluding tert-OH is 1. The Morgan fingerprint density at radius 3 is 2.36 bits per heavy atom. The zero-order chi connectivity index (χ0) is 16.2. The number of methoxy groups -OCH3 is 1. The lowest BCUT2D eigenvalue weighted by Gasteiger charge is -2.09. The van der Waals surface area contributed by atoms with Crippen molar-refractivity contribution in [3.8, 4) is 5.75 Å². The van der Waals surface area contributed by atoms with Gasteiger partial charge < -0.3 is 9.84 Å². The van der Waals surface area contributed by atoms with Crippen LogP contribution in [0.1, 0.15) is 16.7 Å². The quantitative estimate of drug-likeness (QED) is 0.856. The first-order valence-electron chi connectivity index (χ1n) is 6.57. The maximum Gasteiger partial charge on any atom is 0.416 e. The van der Waals surface area contributed by atoms with Crippen molar-refractivity contribution in [2.75, 3.05) is 13.7 Å². The van der Waals surface area contributed by atoms with E-state index in [2.05, 4.69) is 0 Å². The molecule has 0 aliphatic rings. The van der Waals surface area contributed by atoms with Crippen LogP contribution in [0.2, 0.25) is 0 Å². The van der Waals surface area contributed by atoms with Gasteiger partial charge in [-0.05, 0) is 47.0 Å². The van der Waals surface area contributed by atoms with Gasteiger partial charge in [0.15, 0.2) is 0 Å². The summed E-state index contributed by atoms with van der Waals surface area (Å²) in [6.45, 7) is -0.275. The lowest BCUT2D eigenvalue weighted by molar-refractivity contribution is -0.137. The molecule has 5 heteroatoms. The lowest BCUT2D eigenvalue weighted by Crippen LogP contribution is -2.04. The first-order valence-corrected chi connectivity index (χ1v) is 6.57. The maximum absolute atomic E-state index is 12.7. The van der Waals surface area contributed by atoms with E-state index < -0.39 is 11.7 Å². The summed E-state index contributed by atoms with van der Waals surface area (Å²) < 4.78 is 43.2. The molecule has 116 valence electrons. The molecule has 0 saturated heterocycles. The second-order valence-corrected chi connectivity index (χ2v) is 4.68. The summed E-state index contributed by atoms with van der Waals surface area (Å²) in [6, 6.07) is 11.9. The van der Waals surface area contributed by atoms with Crippen molar-refractivity contribution < 1.29 is 23.0 Å². The molecule has 0 fully saturated rings. The van der Waals surface area contributed by atoms with Crippen LogP contribution < -0.4 is 4.74 Å². The van der Waals surface area contributed by atoms with E-state index in [0.717, 1.165) is 17.7 Å². The highest BCUT2D eigenvalue weighted by Gasteiger charge is 2.30. The predicted molar refractivity (Wildman–Crippen MR) is 79.4 cm³/mol. The lowest BCUT2D eigenvalue weighted by atomic mass is 10.0. The van der Waals surface area contributed by atoms with Crippen molar-refractivity contribution in [2.24, 2.45) is 0 Å². The van der Waals surface area contributed by atoms with Gasteiger partial charge in [0.05, 0.1) is 19.3 Å².